The highest BCUT2D eigenvalue weighted by Crippen LogP contribution is 2.40. The van der Waals surface area contributed by atoms with Crippen molar-refractivity contribution in [1.29, 1.82) is 0 Å². The van der Waals surface area contributed by atoms with Gasteiger partial charge in [0.15, 0.2) is 0 Å². The highest BCUT2D eigenvalue weighted by atomic mass is 32.1. The standard InChI is InChI=1S/C24H18SSi/c1-26(2)22-10-6-4-8-17(22)24-18-14-19-16-7-3-5-9-20(16)25-21(19)13-15(18)11-12-23(24)26/h3-14H,1-2H3. The molecule has 124 valence electrons. The Balaban J connectivity index is 1.82. The van der Waals surface area contributed by atoms with Gasteiger partial charge in [-0.1, -0.05) is 67.7 Å². The van der Waals surface area contributed by atoms with Crippen molar-refractivity contribution in [2.45, 2.75) is 13.1 Å². The monoisotopic (exact) mass is 366 g/mol. The number of thiophene rings is 1. The van der Waals surface area contributed by atoms with Crippen LogP contribution in [0.2, 0.25) is 13.1 Å². The fourth-order valence-corrected chi connectivity index (χ4v) is 8.96. The van der Waals surface area contributed by atoms with E-state index in [-0.39, 0.29) is 0 Å². The normalized spacial score (nSPS) is 14.8. The Bertz CT molecular complexity index is 1360. The lowest BCUT2D eigenvalue weighted by Crippen LogP contribution is -2.49. The summed E-state index contributed by atoms with van der Waals surface area (Å²) in [6, 6.07) is 27.5. The average molecular weight is 367 g/mol. The maximum absolute atomic E-state index is 2.49. The molecule has 2 heterocycles. The lowest BCUT2D eigenvalue weighted by atomic mass is 9.97. The van der Waals surface area contributed by atoms with Gasteiger partial charge >= 0.3 is 0 Å². The van der Waals surface area contributed by atoms with Crippen LogP contribution < -0.4 is 10.4 Å². The van der Waals surface area contributed by atoms with Crippen molar-refractivity contribution < 1.29 is 0 Å². The van der Waals surface area contributed by atoms with E-state index < -0.39 is 8.07 Å². The third-order valence-corrected chi connectivity index (χ3v) is 10.7. The van der Waals surface area contributed by atoms with Gasteiger partial charge in [-0.2, -0.15) is 0 Å². The van der Waals surface area contributed by atoms with E-state index in [0.29, 0.717) is 0 Å². The predicted octanol–water partition coefficient (Wildman–Crippen LogP) is 6.01. The molecule has 1 aliphatic heterocycles. The van der Waals surface area contributed by atoms with Crippen molar-refractivity contribution in [3.8, 4) is 11.1 Å². The SMILES string of the molecule is C[Si]1(C)c2ccccc2-c2c1ccc1cc3sc4ccccc4c3cc21. The molecule has 0 saturated carbocycles. The number of benzene rings is 4. The third-order valence-electron chi connectivity index (χ3n) is 6.06. The molecule has 0 nitrogen and oxygen atoms in total. The second-order valence-corrected chi connectivity index (χ2v) is 13.2. The van der Waals surface area contributed by atoms with Gasteiger partial charge in [0, 0.05) is 20.2 Å². The number of fused-ring (bicyclic) bond motifs is 8. The second kappa shape index (κ2) is 4.85. The van der Waals surface area contributed by atoms with Gasteiger partial charge in [0.2, 0.25) is 0 Å². The third kappa shape index (κ3) is 1.73. The first kappa shape index (κ1) is 14.7. The van der Waals surface area contributed by atoms with E-state index in [2.05, 4.69) is 85.9 Å². The van der Waals surface area contributed by atoms with E-state index in [1.54, 1.807) is 10.4 Å². The van der Waals surface area contributed by atoms with Crippen molar-refractivity contribution in [2.24, 2.45) is 0 Å². The summed E-state index contributed by atoms with van der Waals surface area (Å²) >= 11 is 1.90. The van der Waals surface area contributed by atoms with E-state index >= 15 is 0 Å². The van der Waals surface area contributed by atoms with E-state index in [1.165, 1.54) is 42.1 Å². The summed E-state index contributed by atoms with van der Waals surface area (Å²) in [6.07, 6.45) is 0. The molecule has 0 bridgehead atoms. The molecule has 5 aromatic rings. The summed E-state index contributed by atoms with van der Waals surface area (Å²) in [6.45, 7) is 4.98. The quantitative estimate of drug-likeness (QED) is 0.294. The van der Waals surface area contributed by atoms with Crippen LogP contribution in [0.4, 0.5) is 0 Å². The van der Waals surface area contributed by atoms with E-state index in [9.17, 15) is 0 Å². The fourth-order valence-electron chi connectivity index (χ4n) is 4.75. The first-order valence-electron chi connectivity index (χ1n) is 9.13. The van der Waals surface area contributed by atoms with Gasteiger partial charge in [0.25, 0.3) is 0 Å². The zero-order valence-corrected chi connectivity index (χ0v) is 16.7. The Kier molecular flexibility index (Phi) is 2.74. The zero-order valence-electron chi connectivity index (χ0n) is 14.8. The van der Waals surface area contributed by atoms with Crippen molar-refractivity contribution in [2.75, 3.05) is 0 Å². The molecule has 1 aliphatic rings. The van der Waals surface area contributed by atoms with Crippen LogP contribution in [0.25, 0.3) is 42.1 Å². The number of hydrogen-bond acceptors (Lipinski definition) is 1. The van der Waals surface area contributed by atoms with E-state index in [4.69, 9.17) is 0 Å². The van der Waals surface area contributed by atoms with Gasteiger partial charge in [-0.3, -0.25) is 0 Å². The molecule has 0 atom stereocenters. The van der Waals surface area contributed by atoms with Gasteiger partial charge in [-0.05, 0) is 50.5 Å². The lowest BCUT2D eigenvalue weighted by molar-refractivity contribution is 1.74. The first-order chi connectivity index (χ1) is 12.6. The number of rotatable bonds is 0. The van der Waals surface area contributed by atoms with Crippen molar-refractivity contribution in [3.05, 3.63) is 72.8 Å². The van der Waals surface area contributed by atoms with Crippen LogP contribution in [0.5, 0.6) is 0 Å². The molecule has 4 aromatic carbocycles. The molecule has 0 amide bonds. The number of hydrogen-bond donors (Lipinski definition) is 0. The molecule has 1 aromatic heterocycles. The predicted molar refractivity (Wildman–Crippen MR) is 119 cm³/mol. The fraction of sp³-hybridized carbons (Fsp3) is 0.0833. The van der Waals surface area contributed by atoms with Crippen LogP contribution in [0.15, 0.2) is 72.8 Å². The average Bonchev–Trinajstić information content (AvgIpc) is 3.13. The summed E-state index contributed by atoms with van der Waals surface area (Å²) < 4.78 is 2.77. The summed E-state index contributed by atoms with van der Waals surface area (Å²) in [4.78, 5) is 0. The maximum Gasteiger partial charge on any atom is 0.113 e. The summed E-state index contributed by atoms with van der Waals surface area (Å²) in [5, 5.41) is 8.74. The van der Waals surface area contributed by atoms with Crippen LogP contribution in [0.1, 0.15) is 0 Å². The summed E-state index contributed by atoms with van der Waals surface area (Å²) in [5.74, 6) is 0. The Labute approximate surface area is 157 Å². The Morgan fingerprint density at radius 2 is 1.46 bits per heavy atom. The Morgan fingerprint density at radius 3 is 2.38 bits per heavy atom. The highest BCUT2D eigenvalue weighted by Gasteiger charge is 2.37. The van der Waals surface area contributed by atoms with Crippen LogP contribution in [-0.2, 0) is 0 Å². The molecule has 0 spiro atoms. The molecule has 0 unspecified atom stereocenters. The molecule has 0 N–H and O–H groups in total. The zero-order chi connectivity index (χ0) is 17.5. The molecule has 0 saturated heterocycles. The van der Waals surface area contributed by atoms with Crippen LogP contribution >= 0.6 is 11.3 Å². The largest absolute Gasteiger partial charge is 0.135 e. The Morgan fingerprint density at radius 1 is 0.654 bits per heavy atom. The molecular weight excluding hydrogens is 348 g/mol. The van der Waals surface area contributed by atoms with Gasteiger partial charge in [0.05, 0.1) is 0 Å². The molecule has 0 fully saturated rings. The van der Waals surface area contributed by atoms with Gasteiger partial charge in [0.1, 0.15) is 8.07 Å². The van der Waals surface area contributed by atoms with E-state index in [0.717, 1.165) is 0 Å². The minimum Gasteiger partial charge on any atom is -0.135 e. The van der Waals surface area contributed by atoms with Crippen LogP contribution in [0.3, 0.4) is 0 Å². The molecular formula is C24H18SSi. The molecule has 6 rings (SSSR count). The second-order valence-electron chi connectivity index (χ2n) is 7.83. The molecule has 2 heteroatoms. The molecule has 0 radical (unpaired) electrons. The molecule has 26 heavy (non-hydrogen) atoms. The molecule has 0 aliphatic carbocycles. The van der Waals surface area contributed by atoms with Gasteiger partial charge in [-0.15, -0.1) is 11.3 Å². The maximum atomic E-state index is 2.49. The van der Waals surface area contributed by atoms with E-state index in [1.807, 2.05) is 11.3 Å². The van der Waals surface area contributed by atoms with Crippen LogP contribution in [-0.4, -0.2) is 8.07 Å². The van der Waals surface area contributed by atoms with Crippen LogP contribution in [0, 0.1) is 0 Å². The Hall–Kier alpha value is -2.42. The lowest BCUT2D eigenvalue weighted by Gasteiger charge is -2.18. The van der Waals surface area contributed by atoms with Crippen molar-refractivity contribution >= 4 is 60.7 Å². The highest BCUT2D eigenvalue weighted by molar-refractivity contribution is 7.25. The van der Waals surface area contributed by atoms with Gasteiger partial charge in [-0.25, -0.2) is 0 Å². The summed E-state index contributed by atoms with van der Waals surface area (Å²) in [5.41, 5.74) is 2.95. The summed E-state index contributed by atoms with van der Waals surface area (Å²) in [7, 11) is -1.60. The first-order valence-corrected chi connectivity index (χ1v) is 12.9. The minimum absolute atomic E-state index is 1.37. The topological polar surface area (TPSA) is 0 Å². The minimum atomic E-state index is -1.60. The van der Waals surface area contributed by atoms with Gasteiger partial charge < -0.3 is 0 Å². The smallest absolute Gasteiger partial charge is 0.113 e. The van der Waals surface area contributed by atoms with Crippen molar-refractivity contribution in [1.82, 2.24) is 0 Å². The van der Waals surface area contributed by atoms with Crippen molar-refractivity contribution in [3.63, 3.8) is 0 Å².